The summed E-state index contributed by atoms with van der Waals surface area (Å²) in [5, 5.41) is 0. The summed E-state index contributed by atoms with van der Waals surface area (Å²) in [7, 11) is 0. The van der Waals surface area contributed by atoms with Gasteiger partial charge in [0.25, 0.3) is 0 Å². The van der Waals surface area contributed by atoms with E-state index in [2.05, 4.69) is 0 Å². The van der Waals surface area contributed by atoms with Crippen LogP contribution in [0.1, 0.15) is 0 Å². The van der Waals surface area contributed by atoms with E-state index in [1.165, 1.54) is 0 Å². The number of hydrogen-bond acceptors (Lipinski definition) is 0. The molecule has 0 N–H and O–H groups in total. The van der Waals surface area contributed by atoms with Crippen LogP contribution in [0.25, 0.3) is 0 Å². The normalized spacial score (nSPS) is 0. The van der Waals surface area contributed by atoms with Crippen LogP contribution in [0.15, 0.2) is 0 Å². The summed E-state index contributed by atoms with van der Waals surface area (Å²) in [6.45, 7) is 0. The molecule has 0 heterocycles. The third-order valence-corrected chi connectivity index (χ3v) is 0. The van der Waals surface area contributed by atoms with Crippen molar-refractivity contribution < 1.29 is 16.4 Å². The van der Waals surface area contributed by atoms with E-state index in [0.29, 0.717) is 0 Å². The second-order valence-electron chi connectivity index (χ2n) is 0. The molecule has 0 aromatic heterocycles. The largest absolute Gasteiger partial charge is 3.00 e. The molecule has 0 aliphatic rings. The van der Waals surface area contributed by atoms with Gasteiger partial charge in [0, 0.05) is 89.5 Å². The molecule has 0 amide bonds. The SMILES string of the molecule is [Al+3].[Al+3].[O-2].[O-2].[O-2].[P].[P].[Si].[Si].[Sn].[Sn]. The molecular weight excluding hydrogens is 458 g/mol. The molecule has 0 aromatic carbocycles. The van der Waals surface area contributed by atoms with Crippen LogP contribution in [0.3, 0.4) is 0 Å². The fourth-order valence-corrected chi connectivity index (χ4v) is 0. The van der Waals surface area contributed by atoms with Gasteiger partial charge in [-0.15, -0.1) is 0 Å². The Bertz CT molecular complexity index is 25.3. The quantitative estimate of drug-likeness (QED) is 0.333. The first-order valence-corrected chi connectivity index (χ1v) is 0. The van der Waals surface area contributed by atoms with Gasteiger partial charge in [-0.05, 0) is 0 Å². The minimum atomic E-state index is 0. The maximum Gasteiger partial charge on any atom is 3.00 e. The molecule has 11 heteroatoms. The molecule has 0 unspecified atom stereocenters. The van der Waals surface area contributed by atoms with Crippen LogP contribution in [-0.2, 0) is 16.4 Å². The maximum atomic E-state index is 0. The third kappa shape index (κ3) is 132. The van der Waals surface area contributed by atoms with Gasteiger partial charge in [0.1, 0.15) is 0 Å². The van der Waals surface area contributed by atoms with E-state index in [4.69, 9.17) is 0 Å². The summed E-state index contributed by atoms with van der Waals surface area (Å²) < 4.78 is 0. The van der Waals surface area contributed by atoms with Crippen LogP contribution < -0.4 is 0 Å². The van der Waals surface area contributed by atoms with Gasteiger partial charge in [-0.3, -0.25) is 0 Å². The molecular formula is Al2O3P2Si2Sn2. The summed E-state index contributed by atoms with van der Waals surface area (Å²) in [6, 6.07) is 0. The van der Waals surface area contributed by atoms with E-state index >= 15 is 0 Å². The van der Waals surface area contributed by atoms with Crippen molar-refractivity contribution in [3.05, 3.63) is 0 Å². The summed E-state index contributed by atoms with van der Waals surface area (Å²) in [5.41, 5.74) is 0. The van der Waals surface area contributed by atoms with Gasteiger partial charge < -0.3 is 16.4 Å². The maximum absolute atomic E-state index is 0. The van der Waals surface area contributed by atoms with E-state index in [1.54, 1.807) is 0 Å². The Morgan fingerprint density at radius 3 is 0.455 bits per heavy atom. The van der Waals surface area contributed by atoms with E-state index in [0.717, 1.165) is 0 Å². The van der Waals surface area contributed by atoms with E-state index in [1.807, 2.05) is 0 Å². The van der Waals surface area contributed by atoms with Gasteiger partial charge in [-0.2, -0.15) is 0 Å². The average Bonchev–Trinajstić information content (AvgIpc) is 0. The Hall–Kier alpha value is 3.84. The predicted octanol–water partition coefficient (Wildman–Crippen LogP) is -0.919. The molecule has 0 spiro atoms. The van der Waals surface area contributed by atoms with Crippen LogP contribution in [0.4, 0.5) is 0 Å². The Labute approximate surface area is 139 Å². The Morgan fingerprint density at radius 1 is 0.455 bits per heavy atom. The van der Waals surface area contributed by atoms with Gasteiger partial charge in [0.15, 0.2) is 0 Å². The van der Waals surface area contributed by atoms with Crippen molar-refractivity contribution >= 4 is 124 Å². The second kappa shape index (κ2) is 155. The van der Waals surface area contributed by atoms with Crippen LogP contribution in [0, 0.1) is 0 Å². The Kier molecular flexibility index (Phi) is 2720. The van der Waals surface area contributed by atoms with Crippen LogP contribution in [-0.4, -0.2) is 104 Å². The Morgan fingerprint density at radius 2 is 0.455 bits per heavy atom. The molecule has 0 aliphatic heterocycles. The molecule has 0 rings (SSSR count). The van der Waals surface area contributed by atoms with Gasteiger partial charge in [-0.25, -0.2) is 0 Å². The third-order valence-electron chi connectivity index (χ3n) is 0. The molecule has 11 heavy (non-hydrogen) atoms. The summed E-state index contributed by atoms with van der Waals surface area (Å²) in [6.07, 6.45) is 0. The molecule has 0 saturated carbocycles. The van der Waals surface area contributed by atoms with Crippen molar-refractivity contribution in [3.63, 3.8) is 0 Å². The van der Waals surface area contributed by atoms with Gasteiger partial charge in [0.05, 0.1) is 0 Å². The van der Waals surface area contributed by atoms with Crippen molar-refractivity contribution in [2.24, 2.45) is 0 Å². The summed E-state index contributed by atoms with van der Waals surface area (Å²) in [5.74, 6) is 0. The molecule has 0 aromatic rings. The number of rotatable bonds is 0. The minimum absolute atomic E-state index is 0. The van der Waals surface area contributed by atoms with Crippen molar-refractivity contribution in [3.8, 4) is 0 Å². The van der Waals surface area contributed by atoms with Gasteiger partial charge in [-0.1, -0.05) is 0 Å². The van der Waals surface area contributed by atoms with Crippen molar-refractivity contribution in [1.82, 2.24) is 0 Å². The molecule has 50 valence electrons. The molecule has 0 fully saturated rings. The van der Waals surface area contributed by atoms with E-state index in [9.17, 15) is 0 Å². The van der Waals surface area contributed by atoms with Crippen LogP contribution in [0.5, 0.6) is 0 Å². The van der Waals surface area contributed by atoms with Crippen LogP contribution in [0.2, 0.25) is 0 Å². The smallest absolute Gasteiger partial charge is 2.00 e. The fraction of sp³-hybridized carbons (Fsp3) is 0. The second-order valence-corrected chi connectivity index (χ2v) is 0. The number of hydrogen-bond donors (Lipinski definition) is 0. The van der Waals surface area contributed by atoms with Gasteiger partial charge >= 0.3 is 34.7 Å². The van der Waals surface area contributed by atoms with E-state index < -0.39 is 0 Å². The van der Waals surface area contributed by atoms with Crippen molar-refractivity contribution in [1.29, 1.82) is 0 Å². The molecule has 0 aliphatic carbocycles. The fourth-order valence-electron chi connectivity index (χ4n) is 0. The van der Waals surface area contributed by atoms with Crippen molar-refractivity contribution in [2.45, 2.75) is 0 Å². The predicted molar refractivity (Wildman–Crippen MR) is 50.4 cm³/mol. The average molecular weight is 458 g/mol. The first-order valence-electron chi connectivity index (χ1n) is 0. The summed E-state index contributed by atoms with van der Waals surface area (Å²) >= 11 is 0. The first kappa shape index (κ1) is 193. The van der Waals surface area contributed by atoms with E-state index in [-0.39, 0.29) is 141 Å². The molecule has 3 nitrogen and oxygen atoms in total. The monoisotopic (exact) mass is 460 g/mol. The van der Waals surface area contributed by atoms with Crippen LogP contribution >= 0.6 is 19.8 Å². The van der Waals surface area contributed by atoms with Gasteiger partial charge in [0.2, 0.25) is 0 Å². The Balaban J connectivity index is 0. The summed E-state index contributed by atoms with van der Waals surface area (Å²) in [4.78, 5) is 0. The molecule has 0 atom stereocenters. The zero-order valence-electron chi connectivity index (χ0n) is 5.27. The molecule has 22 radical (unpaired) electrons. The first-order chi connectivity index (χ1) is 0. The van der Waals surface area contributed by atoms with Crippen molar-refractivity contribution in [2.75, 3.05) is 0 Å². The topological polar surface area (TPSA) is 85.5 Å². The molecule has 0 bridgehead atoms. The molecule has 0 saturated heterocycles. The minimum Gasteiger partial charge on any atom is -2.00 e. The standard InChI is InChI=1S/2Al.3O.2P.2Si.2Sn/q2*+3;3*-2;;;;;;. The zero-order valence-corrected chi connectivity index (χ0v) is 17.1. The zero-order chi connectivity index (χ0) is 0.